The number of hydrogen-bond donors (Lipinski definition) is 2. The van der Waals surface area contributed by atoms with Gasteiger partial charge >= 0.3 is 6.18 Å². The van der Waals surface area contributed by atoms with Gasteiger partial charge in [0, 0.05) is 10.9 Å². The Labute approximate surface area is 75.3 Å². The molecular formula is C6H5F3N2OS. The standard InChI is InChI=1S/C6H5F3N2OS/c7-6(8,9)4-1-3(2-13-4)5(10)11-12/h1-2,12H,(H2,10,11). The van der Waals surface area contributed by atoms with Crippen LogP contribution < -0.4 is 5.73 Å². The third-order valence-electron chi connectivity index (χ3n) is 1.28. The molecule has 0 aliphatic rings. The maximum atomic E-state index is 12.0. The predicted octanol–water partition coefficient (Wildman–Crippen LogP) is 1.86. The molecule has 0 aliphatic carbocycles. The van der Waals surface area contributed by atoms with E-state index >= 15 is 0 Å². The van der Waals surface area contributed by atoms with Crippen LogP contribution in [0.25, 0.3) is 0 Å². The minimum atomic E-state index is -4.38. The van der Waals surface area contributed by atoms with Crippen LogP contribution in [0, 0.1) is 0 Å². The van der Waals surface area contributed by atoms with Crippen LogP contribution in [0.2, 0.25) is 0 Å². The van der Waals surface area contributed by atoms with Crippen molar-refractivity contribution >= 4 is 17.2 Å². The highest BCUT2D eigenvalue weighted by Gasteiger charge is 2.32. The normalized spacial score (nSPS) is 13.3. The third-order valence-corrected chi connectivity index (χ3v) is 2.26. The number of rotatable bonds is 1. The van der Waals surface area contributed by atoms with Gasteiger partial charge < -0.3 is 10.9 Å². The van der Waals surface area contributed by atoms with Gasteiger partial charge in [-0.25, -0.2) is 0 Å². The van der Waals surface area contributed by atoms with Gasteiger partial charge in [0.05, 0.1) is 0 Å². The largest absolute Gasteiger partial charge is 0.425 e. The number of thiophene rings is 1. The van der Waals surface area contributed by atoms with Gasteiger partial charge in [-0.05, 0) is 6.07 Å². The number of nitrogens with two attached hydrogens (primary N) is 1. The first kappa shape index (κ1) is 9.85. The molecular weight excluding hydrogens is 205 g/mol. The quantitative estimate of drug-likeness (QED) is 0.321. The van der Waals surface area contributed by atoms with Crippen LogP contribution in [0.1, 0.15) is 10.4 Å². The monoisotopic (exact) mass is 210 g/mol. The number of alkyl halides is 3. The lowest BCUT2D eigenvalue weighted by Gasteiger charge is -2.00. The molecule has 72 valence electrons. The summed E-state index contributed by atoms with van der Waals surface area (Å²) in [5.74, 6) is -0.327. The molecule has 0 amide bonds. The first-order valence-corrected chi connectivity index (χ1v) is 3.96. The van der Waals surface area contributed by atoms with E-state index in [1.807, 2.05) is 0 Å². The van der Waals surface area contributed by atoms with E-state index in [9.17, 15) is 13.2 Å². The lowest BCUT2D eigenvalue weighted by atomic mass is 10.3. The minimum absolute atomic E-state index is 0.0693. The molecule has 0 spiro atoms. The maximum absolute atomic E-state index is 12.0. The summed E-state index contributed by atoms with van der Waals surface area (Å²) in [5, 5.41) is 12.0. The van der Waals surface area contributed by atoms with Crippen molar-refractivity contribution in [1.29, 1.82) is 0 Å². The van der Waals surface area contributed by atoms with Gasteiger partial charge in [-0.3, -0.25) is 0 Å². The van der Waals surface area contributed by atoms with E-state index in [1.54, 1.807) is 0 Å². The third kappa shape index (κ3) is 2.11. The lowest BCUT2D eigenvalue weighted by molar-refractivity contribution is -0.134. The molecule has 0 aliphatic heterocycles. The van der Waals surface area contributed by atoms with Gasteiger partial charge in [0.15, 0.2) is 5.84 Å². The molecule has 1 aromatic rings. The van der Waals surface area contributed by atoms with E-state index in [0.717, 1.165) is 6.07 Å². The highest BCUT2D eigenvalue weighted by molar-refractivity contribution is 7.10. The molecule has 13 heavy (non-hydrogen) atoms. The van der Waals surface area contributed by atoms with Crippen molar-refractivity contribution in [2.24, 2.45) is 10.9 Å². The fourth-order valence-electron chi connectivity index (χ4n) is 0.677. The smallest absolute Gasteiger partial charge is 0.409 e. The average Bonchev–Trinajstić information content (AvgIpc) is 2.50. The van der Waals surface area contributed by atoms with Crippen LogP contribution in [0.5, 0.6) is 0 Å². The molecule has 0 saturated heterocycles. The zero-order valence-corrected chi connectivity index (χ0v) is 6.99. The first-order valence-electron chi connectivity index (χ1n) is 3.09. The SMILES string of the molecule is N/C(=N\O)c1csc(C(F)(F)F)c1. The Morgan fingerprint density at radius 1 is 1.54 bits per heavy atom. The summed E-state index contributed by atoms with van der Waals surface area (Å²) in [6, 6.07) is 0.833. The van der Waals surface area contributed by atoms with E-state index in [0.29, 0.717) is 11.3 Å². The zero-order chi connectivity index (χ0) is 10.1. The van der Waals surface area contributed by atoms with Gasteiger partial charge in [-0.15, -0.1) is 11.3 Å². The molecule has 1 aromatic heterocycles. The van der Waals surface area contributed by atoms with Crippen molar-refractivity contribution in [3.63, 3.8) is 0 Å². The number of nitrogens with zero attached hydrogens (tertiary/aromatic N) is 1. The molecule has 0 unspecified atom stereocenters. The van der Waals surface area contributed by atoms with Crippen LogP contribution >= 0.6 is 11.3 Å². The molecule has 1 rings (SSSR count). The van der Waals surface area contributed by atoms with Crippen molar-refractivity contribution in [2.45, 2.75) is 6.18 Å². The topological polar surface area (TPSA) is 58.6 Å². The molecule has 3 N–H and O–H groups in total. The Morgan fingerprint density at radius 2 is 2.15 bits per heavy atom. The van der Waals surface area contributed by atoms with E-state index in [2.05, 4.69) is 5.16 Å². The molecule has 3 nitrogen and oxygen atoms in total. The highest BCUT2D eigenvalue weighted by Crippen LogP contribution is 2.33. The van der Waals surface area contributed by atoms with Crippen LogP contribution in [0.3, 0.4) is 0 Å². The van der Waals surface area contributed by atoms with Gasteiger partial charge in [0.1, 0.15) is 4.88 Å². The van der Waals surface area contributed by atoms with E-state index in [-0.39, 0.29) is 11.4 Å². The Morgan fingerprint density at radius 3 is 2.54 bits per heavy atom. The van der Waals surface area contributed by atoms with E-state index in [1.165, 1.54) is 5.38 Å². The predicted molar refractivity (Wildman–Crippen MR) is 41.8 cm³/mol. The van der Waals surface area contributed by atoms with Crippen LogP contribution in [-0.2, 0) is 6.18 Å². The van der Waals surface area contributed by atoms with Crippen LogP contribution in [-0.4, -0.2) is 11.0 Å². The number of amidine groups is 1. The summed E-state index contributed by atoms with van der Waals surface area (Å²) in [4.78, 5) is -0.769. The molecule has 0 fully saturated rings. The van der Waals surface area contributed by atoms with Gasteiger partial charge in [-0.1, -0.05) is 5.16 Å². The lowest BCUT2D eigenvalue weighted by Crippen LogP contribution is -2.12. The summed E-state index contributed by atoms with van der Waals surface area (Å²) in [7, 11) is 0. The fraction of sp³-hybridized carbons (Fsp3) is 0.167. The van der Waals surface area contributed by atoms with Gasteiger partial charge in [0.25, 0.3) is 0 Å². The number of halogens is 3. The molecule has 0 radical (unpaired) electrons. The summed E-state index contributed by atoms with van der Waals surface area (Å²) >= 11 is 0.503. The van der Waals surface area contributed by atoms with Gasteiger partial charge in [0.2, 0.25) is 0 Å². The number of hydrogen-bond acceptors (Lipinski definition) is 3. The van der Waals surface area contributed by atoms with Crippen LogP contribution in [0.15, 0.2) is 16.6 Å². The van der Waals surface area contributed by atoms with Crippen molar-refractivity contribution in [3.05, 3.63) is 21.9 Å². The van der Waals surface area contributed by atoms with Gasteiger partial charge in [-0.2, -0.15) is 13.2 Å². The van der Waals surface area contributed by atoms with Crippen molar-refractivity contribution < 1.29 is 18.4 Å². The Bertz CT molecular complexity index is 331. The van der Waals surface area contributed by atoms with Crippen molar-refractivity contribution in [1.82, 2.24) is 0 Å². The van der Waals surface area contributed by atoms with E-state index in [4.69, 9.17) is 10.9 Å². The Balaban J connectivity index is 3.00. The number of oxime groups is 1. The summed E-state index contributed by atoms with van der Waals surface area (Å²) < 4.78 is 36.1. The molecule has 0 atom stereocenters. The first-order chi connectivity index (χ1) is 5.95. The zero-order valence-electron chi connectivity index (χ0n) is 6.17. The summed E-state index contributed by atoms with van der Waals surface area (Å²) in [6.07, 6.45) is -4.38. The molecule has 1 heterocycles. The Hall–Kier alpha value is -1.24. The molecule has 7 heteroatoms. The van der Waals surface area contributed by atoms with E-state index < -0.39 is 11.1 Å². The second-order valence-electron chi connectivity index (χ2n) is 2.18. The summed E-state index contributed by atoms with van der Waals surface area (Å²) in [5.41, 5.74) is 5.16. The molecule has 0 bridgehead atoms. The Kier molecular flexibility index (Phi) is 2.46. The van der Waals surface area contributed by atoms with Crippen LogP contribution in [0.4, 0.5) is 13.2 Å². The highest BCUT2D eigenvalue weighted by atomic mass is 32.1. The molecule has 0 aromatic carbocycles. The van der Waals surface area contributed by atoms with Crippen molar-refractivity contribution in [3.8, 4) is 0 Å². The van der Waals surface area contributed by atoms with Crippen molar-refractivity contribution in [2.75, 3.05) is 0 Å². The average molecular weight is 210 g/mol. The fourth-order valence-corrected chi connectivity index (χ4v) is 1.45. The summed E-state index contributed by atoms with van der Waals surface area (Å²) in [6.45, 7) is 0. The molecule has 0 saturated carbocycles. The minimum Gasteiger partial charge on any atom is -0.409 e. The second-order valence-corrected chi connectivity index (χ2v) is 3.09. The second kappa shape index (κ2) is 3.25. The maximum Gasteiger partial charge on any atom is 0.425 e.